The molecule has 13 heterocycles. The Morgan fingerprint density at radius 1 is 0.341 bits per heavy atom. The smallest absolute Gasteiger partial charge is 0.222 e. The standard InChI is InChI=1S/C19H22N6O.C17H25N5O2.C15H22N6O.C15H21N5O2.2C13H19N5O/c1-2-6-14(16(26)10-9-13-7-3-4-11-21-13)23-18-17-15(8-5-12-22-17)24-19(20)25-18;1-4-6-11(13(23)8-9-17(2,3)24)20-15-14-12(7-5-10-19-14)21-16(18)22-15;1-2-5-10(12(22)7-3-8-16)19-14-13-11(6-4-9-18-13)20-15(17)21-14;1-2-5-10(12(22)7-4-9-21)18-14-13-11(6-3-8-17-13)19-15(16)20-14;2*1-3-4-9(7-19)16-12-11-10(17-13(14)18-12)6-5-8(2)15-11/h3-5,7-8,11-12,14H,2,6,9-10H2,1H3,(H3,20,23,24,25);5,7,10-11,24H,4,6,8-9H2,1-3H3,(H3,18,20,21,22);4,6,9-10H,2-3,5,7-8,16H2,1H3,(H3,17,19,20,21);3,6,8,10,21H,2,4-5,7,9H2,1H3,(H3,16,18,19,20);2*5-6,9,19H,3-4,7H2,1-2H3,(H3,14,16,17,18)/t14-;11-;2*10-;2*9-/m000010/s1. The Bertz CT molecular complexity index is 5630. The first-order valence-electron chi connectivity index (χ1n) is 44.7. The number of aryl methyl sites for hydroxylation is 3. The minimum Gasteiger partial charge on any atom is -0.396 e. The van der Waals surface area contributed by atoms with Crippen molar-refractivity contribution in [3.05, 3.63) is 139 Å². The quantitative estimate of drug-likeness (QED) is 0.0169. The van der Waals surface area contributed by atoms with Crippen LogP contribution in [0.5, 0.6) is 0 Å². The van der Waals surface area contributed by atoms with Gasteiger partial charge >= 0.3 is 0 Å². The van der Waals surface area contributed by atoms with E-state index in [1.54, 1.807) is 81.2 Å². The predicted octanol–water partition coefficient (Wildman–Crippen LogP) is 11.1. The van der Waals surface area contributed by atoms with Crippen molar-refractivity contribution in [2.75, 3.05) is 92.7 Å². The van der Waals surface area contributed by atoms with Crippen LogP contribution in [0.2, 0.25) is 0 Å². The summed E-state index contributed by atoms with van der Waals surface area (Å²) in [4.78, 5) is 130. The van der Waals surface area contributed by atoms with E-state index in [1.807, 2.05) is 96.1 Å². The van der Waals surface area contributed by atoms with Gasteiger partial charge < -0.3 is 92.5 Å². The number of nitrogen functional groups attached to an aromatic ring is 6. The van der Waals surface area contributed by atoms with Crippen molar-refractivity contribution < 1.29 is 39.6 Å². The van der Waals surface area contributed by atoms with Crippen LogP contribution >= 0.6 is 0 Å². The molecular formula is C92H128N32O8. The number of aliphatic hydroxyl groups is 4. The highest BCUT2D eigenvalue weighted by molar-refractivity contribution is 5.95. The summed E-state index contributed by atoms with van der Waals surface area (Å²) in [7, 11) is 0. The third kappa shape index (κ3) is 32.7. The van der Waals surface area contributed by atoms with Gasteiger partial charge in [-0.15, -0.1) is 0 Å². The van der Waals surface area contributed by atoms with Crippen molar-refractivity contribution in [3.63, 3.8) is 0 Å². The van der Waals surface area contributed by atoms with Gasteiger partial charge in [-0.05, 0) is 183 Å². The number of aromatic nitrogens is 19. The van der Waals surface area contributed by atoms with Crippen molar-refractivity contribution >= 4 is 160 Å². The van der Waals surface area contributed by atoms with Gasteiger partial charge in [0.25, 0.3) is 0 Å². The lowest BCUT2D eigenvalue weighted by atomic mass is 9.96. The van der Waals surface area contributed by atoms with Crippen LogP contribution in [0.15, 0.2) is 122 Å². The number of anilines is 12. The summed E-state index contributed by atoms with van der Waals surface area (Å²) >= 11 is 0. The minimum atomic E-state index is -0.861. The predicted molar refractivity (Wildman–Crippen MR) is 521 cm³/mol. The maximum absolute atomic E-state index is 12.7. The molecule has 0 aliphatic heterocycles. The molecule has 132 heavy (non-hydrogen) atoms. The number of pyridine rings is 7. The molecule has 13 rings (SSSR count). The molecule has 0 spiro atoms. The van der Waals surface area contributed by atoms with Crippen molar-refractivity contribution in [2.45, 2.75) is 240 Å². The van der Waals surface area contributed by atoms with Crippen LogP contribution < -0.4 is 72.0 Å². The van der Waals surface area contributed by atoms with E-state index in [1.165, 1.54) is 0 Å². The average Bonchev–Trinajstić information content (AvgIpc) is 0.793. The molecular weight excluding hydrogens is 1680 g/mol. The van der Waals surface area contributed by atoms with Crippen LogP contribution in [0.1, 0.15) is 194 Å². The molecule has 0 fully saturated rings. The van der Waals surface area contributed by atoms with E-state index in [4.69, 9.17) is 45.2 Å². The Balaban J connectivity index is 0.000000196. The van der Waals surface area contributed by atoms with Crippen LogP contribution in [-0.2, 0) is 25.6 Å². The highest BCUT2D eigenvalue weighted by atomic mass is 16.3. The number of nitrogens with two attached hydrogens (primary N) is 7. The van der Waals surface area contributed by atoms with Crippen LogP contribution in [0.25, 0.3) is 66.2 Å². The summed E-state index contributed by atoms with van der Waals surface area (Å²) in [5.41, 5.74) is 49.5. The van der Waals surface area contributed by atoms with Gasteiger partial charge in [0.05, 0.1) is 88.2 Å². The number of carbonyl (C=O) groups is 4. The van der Waals surface area contributed by atoms with Crippen molar-refractivity contribution in [2.24, 2.45) is 5.73 Å². The van der Waals surface area contributed by atoms with Crippen LogP contribution in [0, 0.1) is 13.8 Å². The molecule has 0 saturated heterocycles. The Kier molecular flexibility index (Phi) is 41.8. The molecule has 0 radical (unpaired) electrons. The van der Waals surface area contributed by atoms with E-state index in [-0.39, 0.29) is 109 Å². The van der Waals surface area contributed by atoms with Gasteiger partial charge in [0.1, 0.15) is 33.1 Å². The minimum absolute atomic E-state index is 0.00945. The molecule has 24 N–H and O–H groups in total. The third-order valence-electron chi connectivity index (χ3n) is 20.3. The fourth-order valence-corrected chi connectivity index (χ4v) is 13.8. The normalized spacial score (nSPS) is 12.4. The number of nitrogens with zero attached hydrogens (tertiary/aromatic N) is 19. The van der Waals surface area contributed by atoms with Gasteiger partial charge in [-0.3, -0.25) is 44.1 Å². The summed E-state index contributed by atoms with van der Waals surface area (Å²) in [6.45, 7) is 20.1. The molecule has 0 unspecified atom stereocenters. The summed E-state index contributed by atoms with van der Waals surface area (Å²) in [5, 5.41) is 56.6. The van der Waals surface area contributed by atoms with E-state index in [9.17, 15) is 34.5 Å². The van der Waals surface area contributed by atoms with Crippen molar-refractivity contribution in [3.8, 4) is 0 Å². The number of rotatable bonds is 42. The number of hydrogen-bond acceptors (Lipinski definition) is 40. The monoisotopic (exact) mass is 1810 g/mol. The van der Waals surface area contributed by atoms with E-state index >= 15 is 0 Å². The van der Waals surface area contributed by atoms with Gasteiger partial charge in [0.2, 0.25) is 35.7 Å². The summed E-state index contributed by atoms with van der Waals surface area (Å²) in [6.07, 6.45) is 22.0. The van der Waals surface area contributed by atoms with Gasteiger partial charge in [-0.25, -0.2) is 39.9 Å². The number of ketones is 4. The van der Waals surface area contributed by atoms with E-state index < -0.39 is 11.6 Å². The molecule has 704 valence electrons. The molecule has 0 amide bonds. The Labute approximate surface area is 767 Å². The summed E-state index contributed by atoms with van der Waals surface area (Å²) in [6, 6.07) is 26.1. The molecule has 40 heteroatoms. The Morgan fingerprint density at radius 2 is 0.636 bits per heavy atom. The summed E-state index contributed by atoms with van der Waals surface area (Å²) < 4.78 is 0. The van der Waals surface area contributed by atoms with Crippen LogP contribution in [0.3, 0.4) is 0 Å². The zero-order valence-electron chi connectivity index (χ0n) is 76.9. The second-order valence-electron chi connectivity index (χ2n) is 32.0. The maximum Gasteiger partial charge on any atom is 0.222 e. The molecule has 0 aliphatic carbocycles. The number of aliphatic hydroxyl groups excluding tert-OH is 3. The fraction of sp³-hybridized carbons (Fsp3) is 0.446. The van der Waals surface area contributed by atoms with Gasteiger partial charge in [0.15, 0.2) is 58.0 Å². The Morgan fingerprint density at radius 3 is 0.924 bits per heavy atom. The first-order valence-corrected chi connectivity index (χ1v) is 44.7. The van der Waals surface area contributed by atoms with Crippen molar-refractivity contribution in [1.29, 1.82) is 0 Å². The average molecular weight is 1810 g/mol. The largest absolute Gasteiger partial charge is 0.396 e. The van der Waals surface area contributed by atoms with E-state index in [2.05, 4.69) is 140 Å². The maximum atomic E-state index is 12.7. The number of fused-ring (bicyclic) bond motifs is 6. The van der Waals surface area contributed by atoms with E-state index in [0.29, 0.717) is 178 Å². The lowest BCUT2D eigenvalue weighted by Gasteiger charge is -2.21. The molecule has 13 aromatic heterocycles. The molecule has 40 nitrogen and oxygen atoms in total. The molecule has 0 aliphatic rings. The number of carbonyl (C=O) groups excluding carboxylic acids is 4. The number of nitrogens with one attached hydrogen (secondary N) is 6. The molecule has 6 atom stereocenters. The van der Waals surface area contributed by atoms with Crippen molar-refractivity contribution in [1.82, 2.24) is 94.7 Å². The second-order valence-corrected chi connectivity index (χ2v) is 32.0. The van der Waals surface area contributed by atoms with Crippen LogP contribution in [-0.4, -0.2) is 206 Å². The third-order valence-corrected chi connectivity index (χ3v) is 20.3. The SMILES string of the molecule is CCC[C@@H](CO)Nc1nc(N)nc2ccc(C)nc12.CCC[C@H](CO)Nc1nc(N)nc2ccc(C)nc12.CCC[C@H](Nc1nc(N)nc2cccnc12)C(=O)CCC(C)(C)O.CCC[C@H](Nc1nc(N)nc2cccnc12)C(=O)CCCN.CCC[C@H](Nc1nc(N)nc2cccnc12)C(=O)CCCO.CCC[C@H](Nc1nc(N)nc2cccnc12)C(=O)CCc1ccccn1. The highest BCUT2D eigenvalue weighted by Crippen LogP contribution is 2.29. The fourth-order valence-electron chi connectivity index (χ4n) is 13.8. The zero-order valence-corrected chi connectivity index (χ0v) is 76.9. The molecule has 13 aromatic rings. The van der Waals surface area contributed by atoms with Gasteiger partial charge in [-0.2, -0.15) is 29.9 Å². The second kappa shape index (κ2) is 53.3. The first kappa shape index (κ1) is 104. The topological polar surface area (TPSA) is 648 Å². The highest BCUT2D eigenvalue weighted by Gasteiger charge is 2.27. The molecule has 0 bridgehead atoms. The van der Waals surface area contributed by atoms with E-state index in [0.717, 1.165) is 74.9 Å². The number of hydrogen-bond donors (Lipinski definition) is 17. The summed E-state index contributed by atoms with van der Waals surface area (Å²) in [5.74, 6) is 4.45. The lowest BCUT2D eigenvalue weighted by molar-refractivity contribution is -0.121. The number of Topliss-reactive ketones (excluding diaryl/α,β-unsaturated/α-hetero) is 4. The zero-order chi connectivity index (χ0) is 95.7. The lowest BCUT2D eigenvalue weighted by Crippen LogP contribution is -2.32. The van der Waals surface area contributed by atoms with Gasteiger partial charge in [-0.1, -0.05) is 86.1 Å². The van der Waals surface area contributed by atoms with Gasteiger partial charge in [0, 0.05) is 80.4 Å². The van der Waals surface area contributed by atoms with Crippen LogP contribution in [0.4, 0.5) is 70.6 Å². The Hall–Kier alpha value is -13.8. The molecule has 0 saturated carbocycles. The first-order chi connectivity index (χ1) is 63.5. The molecule has 0 aromatic carbocycles.